The highest BCUT2D eigenvalue weighted by Crippen LogP contribution is 2.34. The van der Waals surface area contributed by atoms with E-state index in [1.807, 2.05) is 0 Å². The molecule has 2 aliphatic heterocycles. The van der Waals surface area contributed by atoms with Crippen LogP contribution in [0.5, 0.6) is 0 Å². The fourth-order valence-corrected chi connectivity index (χ4v) is 4.46. The number of rotatable bonds is 13. The van der Waals surface area contributed by atoms with Crippen molar-refractivity contribution < 1.29 is 76.1 Å². The fraction of sp³-hybridized carbons (Fsp3) is 0.704. The summed E-state index contributed by atoms with van der Waals surface area (Å²) in [6.07, 6.45) is -10.3. The van der Waals surface area contributed by atoms with Gasteiger partial charge in [-0.05, 0) is 0 Å². The molecule has 2 aliphatic rings. The molecule has 0 aromatic heterocycles. The van der Waals surface area contributed by atoms with Crippen molar-refractivity contribution in [3.63, 3.8) is 0 Å². The Balaban J connectivity index is 2.56. The van der Waals surface area contributed by atoms with Gasteiger partial charge in [-0.15, -0.1) is 6.58 Å². The topological polar surface area (TPSA) is 195 Å². The first-order valence-corrected chi connectivity index (χ1v) is 13.4. The SMILES string of the molecule is C=CCOC1CC(OC(C)=O)[C@H](O[C@H]2OC(COC(C)=O)[C@@H](OC(C)=O)C(OC(C)=O)[C@H]2OC(C)=O)C(COC(C)=O)O1. The van der Waals surface area contributed by atoms with Gasteiger partial charge < -0.3 is 47.4 Å². The first-order valence-electron chi connectivity index (χ1n) is 13.4. The second-order valence-corrected chi connectivity index (χ2v) is 9.58. The summed E-state index contributed by atoms with van der Waals surface area (Å²) in [5.41, 5.74) is 0. The van der Waals surface area contributed by atoms with Gasteiger partial charge in [-0.25, -0.2) is 0 Å². The maximum atomic E-state index is 12.2. The number of esters is 6. The molecule has 2 fully saturated rings. The molecule has 16 nitrogen and oxygen atoms in total. The van der Waals surface area contributed by atoms with Crippen molar-refractivity contribution in [2.75, 3.05) is 19.8 Å². The zero-order valence-electron chi connectivity index (χ0n) is 24.8. The predicted octanol–water partition coefficient (Wildman–Crippen LogP) is 0.267. The van der Waals surface area contributed by atoms with Gasteiger partial charge in [0.15, 0.2) is 30.9 Å². The minimum atomic E-state index is -1.61. The Kier molecular flexibility index (Phi) is 14.0. The Bertz CT molecular complexity index is 1030. The van der Waals surface area contributed by atoms with E-state index in [9.17, 15) is 28.8 Å². The third-order valence-electron chi connectivity index (χ3n) is 5.89. The monoisotopic (exact) mass is 618 g/mol. The molecule has 9 atom stereocenters. The van der Waals surface area contributed by atoms with E-state index in [1.54, 1.807) is 0 Å². The van der Waals surface area contributed by atoms with Crippen LogP contribution < -0.4 is 0 Å². The minimum Gasteiger partial charge on any atom is -0.463 e. The van der Waals surface area contributed by atoms with Crippen molar-refractivity contribution in [3.8, 4) is 0 Å². The highest BCUT2D eigenvalue weighted by atomic mass is 16.8. The molecule has 0 N–H and O–H groups in total. The molecule has 5 unspecified atom stereocenters. The molecule has 0 bridgehead atoms. The zero-order valence-corrected chi connectivity index (χ0v) is 24.8. The van der Waals surface area contributed by atoms with Crippen LogP contribution in [0.1, 0.15) is 48.0 Å². The number of hydrogen-bond acceptors (Lipinski definition) is 16. The average Bonchev–Trinajstić information content (AvgIpc) is 2.88. The Morgan fingerprint density at radius 2 is 1.14 bits per heavy atom. The maximum Gasteiger partial charge on any atom is 0.303 e. The summed E-state index contributed by atoms with van der Waals surface area (Å²) >= 11 is 0. The van der Waals surface area contributed by atoms with E-state index in [1.165, 1.54) is 19.9 Å². The van der Waals surface area contributed by atoms with E-state index >= 15 is 0 Å². The molecule has 43 heavy (non-hydrogen) atoms. The molecular weight excluding hydrogens is 580 g/mol. The van der Waals surface area contributed by atoms with E-state index in [4.69, 9.17) is 47.4 Å². The molecule has 242 valence electrons. The van der Waals surface area contributed by atoms with Crippen LogP contribution >= 0.6 is 0 Å². The van der Waals surface area contributed by atoms with Crippen LogP contribution in [0.25, 0.3) is 0 Å². The average molecular weight is 619 g/mol. The van der Waals surface area contributed by atoms with Crippen LogP contribution in [-0.2, 0) is 76.1 Å². The lowest BCUT2D eigenvalue weighted by Crippen LogP contribution is -2.65. The quantitative estimate of drug-likeness (QED) is 0.155. The van der Waals surface area contributed by atoms with E-state index in [-0.39, 0.29) is 19.6 Å². The van der Waals surface area contributed by atoms with Crippen molar-refractivity contribution in [3.05, 3.63) is 12.7 Å². The van der Waals surface area contributed by atoms with Crippen LogP contribution in [0, 0.1) is 0 Å². The number of carbonyl (C=O) groups excluding carboxylic acids is 6. The van der Waals surface area contributed by atoms with Crippen LogP contribution in [0.15, 0.2) is 12.7 Å². The van der Waals surface area contributed by atoms with Crippen LogP contribution in [-0.4, -0.2) is 111 Å². The van der Waals surface area contributed by atoms with Crippen molar-refractivity contribution in [1.29, 1.82) is 0 Å². The van der Waals surface area contributed by atoms with Crippen LogP contribution in [0.3, 0.4) is 0 Å². The summed E-state index contributed by atoms with van der Waals surface area (Å²) in [6.45, 7) is 9.52. The normalized spacial score (nSPS) is 30.2. The third-order valence-corrected chi connectivity index (χ3v) is 5.89. The summed E-state index contributed by atoms with van der Waals surface area (Å²) in [5.74, 6) is -4.51. The summed E-state index contributed by atoms with van der Waals surface area (Å²) < 4.78 is 55.7. The largest absolute Gasteiger partial charge is 0.463 e. The van der Waals surface area contributed by atoms with Gasteiger partial charge >= 0.3 is 35.8 Å². The first kappa shape index (κ1) is 35.6. The van der Waals surface area contributed by atoms with E-state index < -0.39 is 97.7 Å². The van der Waals surface area contributed by atoms with Crippen LogP contribution in [0.2, 0.25) is 0 Å². The molecule has 0 saturated carbocycles. The maximum absolute atomic E-state index is 12.2. The van der Waals surface area contributed by atoms with Gasteiger partial charge in [-0.2, -0.15) is 0 Å². The van der Waals surface area contributed by atoms with Crippen molar-refractivity contribution in [1.82, 2.24) is 0 Å². The van der Waals surface area contributed by atoms with Gasteiger partial charge in [0.05, 0.1) is 6.61 Å². The molecule has 16 heteroatoms. The van der Waals surface area contributed by atoms with Gasteiger partial charge in [-0.1, -0.05) is 6.08 Å². The smallest absolute Gasteiger partial charge is 0.303 e. The van der Waals surface area contributed by atoms with Gasteiger partial charge in [-0.3, -0.25) is 28.8 Å². The van der Waals surface area contributed by atoms with E-state index in [2.05, 4.69) is 6.58 Å². The molecule has 0 aliphatic carbocycles. The Hall–Kier alpha value is -3.60. The predicted molar refractivity (Wildman–Crippen MR) is 138 cm³/mol. The summed E-state index contributed by atoms with van der Waals surface area (Å²) in [6, 6.07) is 0. The molecule has 0 aromatic carbocycles. The van der Waals surface area contributed by atoms with E-state index in [0.29, 0.717) is 0 Å². The number of carbonyl (C=O) groups is 6. The summed E-state index contributed by atoms with van der Waals surface area (Å²) in [5, 5.41) is 0. The van der Waals surface area contributed by atoms with Crippen molar-refractivity contribution >= 4 is 35.8 Å². The minimum absolute atomic E-state index is 0.0417. The summed E-state index contributed by atoms with van der Waals surface area (Å²) in [7, 11) is 0. The lowest BCUT2D eigenvalue weighted by Gasteiger charge is -2.47. The standard InChI is InChI=1S/C27H38O16/c1-8-9-34-22-10-19(37-15(4)30)23(20(41-22)11-35-13(2)28)43-27-26(40-18(7)33)25(39-17(6)32)24(38-16(5)31)21(42-27)12-36-14(3)29/h8,19-27H,1,9-12H2,2-7H3/t19?,20?,21?,22?,23-,24+,25?,26+,27+/m0/s1. The number of hydrogen-bond donors (Lipinski definition) is 0. The van der Waals surface area contributed by atoms with Crippen LogP contribution in [0.4, 0.5) is 0 Å². The van der Waals surface area contributed by atoms with Crippen molar-refractivity contribution in [2.24, 2.45) is 0 Å². The van der Waals surface area contributed by atoms with Gasteiger partial charge in [0, 0.05) is 48.0 Å². The molecule has 2 rings (SSSR count). The molecule has 2 saturated heterocycles. The summed E-state index contributed by atoms with van der Waals surface area (Å²) in [4.78, 5) is 71.6. The zero-order chi connectivity index (χ0) is 32.3. The van der Waals surface area contributed by atoms with E-state index in [0.717, 1.165) is 27.7 Å². The Labute approximate surface area is 248 Å². The van der Waals surface area contributed by atoms with Crippen molar-refractivity contribution in [2.45, 2.75) is 103 Å². The number of ether oxygens (including phenoxy) is 10. The molecule has 0 amide bonds. The molecule has 2 heterocycles. The first-order chi connectivity index (χ1) is 20.2. The lowest BCUT2D eigenvalue weighted by molar-refractivity contribution is -0.346. The fourth-order valence-electron chi connectivity index (χ4n) is 4.46. The second-order valence-electron chi connectivity index (χ2n) is 9.58. The van der Waals surface area contributed by atoms with Gasteiger partial charge in [0.25, 0.3) is 0 Å². The molecular formula is C27H38O16. The molecule has 0 spiro atoms. The lowest BCUT2D eigenvalue weighted by atomic mass is 9.97. The second kappa shape index (κ2) is 16.9. The Morgan fingerprint density at radius 1 is 0.651 bits per heavy atom. The van der Waals surface area contributed by atoms with Gasteiger partial charge in [0.1, 0.15) is 37.6 Å². The Morgan fingerprint density at radius 3 is 1.63 bits per heavy atom. The molecule has 0 radical (unpaired) electrons. The molecule has 0 aromatic rings. The van der Waals surface area contributed by atoms with Gasteiger partial charge in [0.2, 0.25) is 0 Å². The third kappa shape index (κ3) is 11.5. The highest BCUT2D eigenvalue weighted by Gasteiger charge is 2.55. The highest BCUT2D eigenvalue weighted by molar-refractivity contribution is 5.69.